The number of imidazole rings is 1. The Kier molecular flexibility index (Phi) is 5.92. The molecule has 7 nitrogen and oxygen atoms in total. The standard InChI is InChI=1S/C24H18F6N6O/c1-36-19-7-6-13(10-17(19)34-22(36)33-16-5-3-2-4-15(16)23(25,26)27)37-14-8-9-31-18(11-14)21-32-12-20(35-21)24(28,29)30/h2-11,20H,12H2,1H3,(H,32,35)(H,33,34). The Hall–Kier alpha value is -4.29. The van der Waals surface area contributed by atoms with Crippen LogP contribution in [0.4, 0.5) is 38.0 Å². The molecule has 0 saturated carbocycles. The van der Waals surface area contributed by atoms with Crippen LogP contribution in [0.2, 0.25) is 0 Å². The lowest BCUT2D eigenvalue weighted by molar-refractivity contribution is -0.147. The molecule has 0 aliphatic carbocycles. The molecule has 2 aromatic heterocycles. The molecule has 0 radical (unpaired) electrons. The number of nitrogens with zero attached hydrogens (tertiary/aromatic N) is 4. The molecule has 4 aromatic rings. The third kappa shape index (κ3) is 5.01. The second-order valence-corrected chi connectivity index (χ2v) is 8.22. The number of halogens is 6. The zero-order valence-corrected chi connectivity index (χ0v) is 19.0. The Bertz CT molecular complexity index is 1490. The van der Waals surface area contributed by atoms with Gasteiger partial charge >= 0.3 is 12.4 Å². The Morgan fingerprint density at radius 3 is 2.49 bits per heavy atom. The highest BCUT2D eigenvalue weighted by Crippen LogP contribution is 2.36. The van der Waals surface area contributed by atoms with E-state index in [1.54, 1.807) is 29.8 Å². The van der Waals surface area contributed by atoms with Crippen LogP contribution in [-0.2, 0) is 13.2 Å². The Balaban J connectivity index is 1.37. The third-order valence-corrected chi connectivity index (χ3v) is 5.68. The maximum absolute atomic E-state index is 13.4. The van der Waals surface area contributed by atoms with Crippen molar-refractivity contribution in [1.82, 2.24) is 19.9 Å². The molecule has 192 valence electrons. The van der Waals surface area contributed by atoms with Gasteiger partial charge in [0, 0.05) is 25.4 Å². The summed E-state index contributed by atoms with van der Waals surface area (Å²) in [6.45, 7) is -0.439. The fourth-order valence-corrected chi connectivity index (χ4v) is 3.83. The van der Waals surface area contributed by atoms with Gasteiger partial charge in [0.15, 0.2) is 0 Å². The average molecular weight is 520 g/mol. The number of alkyl halides is 6. The minimum absolute atomic E-state index is 0.0165. The first-order chi connectivity index (χ1) is 17.5. The van der Waals surface area contributed by atoms with Crippen LogP contribution in [0.15, 0.2) is 65.8 Å². The van der Waals surface area contributed by atoms with Gasteiger partial charge in [0.25, 0.3) is 0 Å². The molecule has 1 aliphatic heterocycles. The second kappa shape index (κ2) is 8.98. The van der Waals surface area contributed by atoms with Crippen molar-refractivity contribution in [3.63, 3.8) is 0 Å². The Labute approximate surface area is 205 Å². The minimum atomic E-state index is -4.54. The van der Waals surface area contributed by atoms with E-state index >= 15 is 0 Å². The molecule has 0 spiro atoms. The summed E-state index contributed by atoms with van der Waals surface area (Å²) in [5.74, 6) is 0.875. The number of fused-ring (bicyclic) bond motifs is 1. The molecule has 1 atom stereocenters. The number of ether oxygens (including phenoxy) is 1. The van der Waals surface area contributed by atoms with E-state index in [2.05, 4.69) is 25.6 Å². The fraction of sp³-hybridized carbons (Fsp3) is 0.208. The van der Waals surface area contributed by atoms with Gasteiger partial charge in [0.2, 0.25) is 5.95 Å². The largest absolute Gasteiger partial charge is 0.457 e. The van der Waals surface area contributed by atoms with Crippen LogP contribution >= 0.6 is 0 Å². The summed E-state index contributed by atoms with van der Waals surface area (Å²) in [7, 11) is 1.66. The van der Waals surface area contributed by atoms with E-state index in [9.17, 15) is 26.3 Å². The number of para-hydroxylation sites is 1. The van der Waals surface area contributed by atoms with E-state index in [0.29, 0.717) is 22.5 Å². The predicted molar refractivity (Wildman–Crippen MR) is 124 cm³/mol. The Morgan fingerprint density at radius 1 is 1.00 bits per heavy atom. The molecule has 37 heavy (non-hydrogen) atoms. The first kappa shape index (κ1) is 24.4. The van der Waals surface area contributed by atoms with E-state index in [1.807, 2.05) is 0 Å². The molecule has 0 amide bonds. The van der Waals surface area contributed by atoms with Crippen molar-refractivity contribution >= 4 is 28.5 Å². The summed E-state index contributed by atoms with van der Waals surface area (Å²) in [5, 5.41) is 5.06. The first-order valence-electron chi connectivity index (χ1n) is 10.9. The number of anilines is 2. The zero-order chi connectivity index (χ0) is 26.4. The van der Waals surface area contributed by atoms with Crippen LogP contribution in [0.1, 0.15) is 11.3 Å². The zero-order valence-electron chi connectivity index (χ0n) is 19.0. The molecule has 2 aromatic carbocycles. The smallest absolute Gasteiger partial charge is 0.418 e. The van der Waals surface area contributed by atoms with E-state index in [1.165, 1.54) is 36.5 Å². The van der Waals surface area contributed by atoms with Crippen molar-refractivity contribution in [1.29, 1.82) is 0 Å². The lowest BCUT2D eigenvalue weighted by Crippen LogP contribution is -2.42. The fourth-order valence-electron chi connectivity index (χ4n) is 3.83. The first-order valence-corrected chi connectivity index (χ1v) is 10.9. The van der Waals surface area contributed by atoms with Crippen molar-refractivity contribution in [2.24, 2.45) is 12.0 Å². The predicted octanol–water partition coefficient (Wildman–Crippen LogP) is 5.80. The number of hydrogen-bond acceptors (Lipinski definition) is 6. The SMILES string of the molecule is Cn1c(Nc2ccccc2C(F)(F)F)nc2cc(Oc3ccnc(C4=NCC(C(F)(F)F)N4)c3)ccc21. The summed E-state index contributed by atoms with van der Waals surface area (Å²) in [6, 6.07) is 11.2. The van der Waals surface area contributed by atoms with Gasteiger partial charge in [-0.2, -0.15) is 26.3 Å². The normalized spacial score (nSPS) is 16.0. The number of benzene rings is 2. The number of aryl methyl sites for hydroxylation is 1. The van der Waals surface area contributed by atoms with Crippen molar-refractivity contribution in [2.45, 2.75) is 18.4 Å². The molecular weight excluding hydrogens is 502 g/mol. The highest BCUT2D eigenvalue weighted by atomic mass is 19.4. The summed E-state index contributed by atoms with van der Waals surface area (Å²) >= 11 is 0. The van der Waals surface area contributed by atoms with Crippen LogP contribution in [0.25, 0.3) is 11.0 Å². The number of rotatable bonds is 5. The van der Waals surface area contributed by atoms with Crippen molar-refractivity contribution in [2.75, 3.05) is 11.9 Å². The lowest BCUT2D eigenvalue weighted by Gasteiger charge is -2.15. The summed E-state index contributed by atoms with van der Waals surface area (Å²) in [5.41, 5.74) is 0.333. The number of hydrogen-bond donors (Lipinski definition) is 2. The molecular formula is C24H18F6N6O. The van der Waals surface area contributed by atoms with Crippen LogP contribution in [0, 0.1) is 0 Å². The third-order valence-electron chi connectivity index (χ3n) is 5.68. The highest BCUT2D eigenvalue weighted by Gasteiger charge is 2.42. The highest BCUT2D eigenvalue weighted by molar-refractivity contribution is 5.98. The van der Waals surface area contributed by atoms with Gasteiger partial charge in [-0.05, 0) is 30.3 Å². The maximum atomic E-state index is 13.4. The number of aromatic nitrogens is 3. The minimum Gasteiger partial charge on any atom is -0.457 e. The van der Waals surface area contributed by atoms with Crippen molar-refractivity contribution < 1.29 is 31.1 Å². The van der Waals surface area contributed by atoms with Crippen LogP contribution < -0.4 is 15.4 Å². The maximum Gasteiger partial charge on any atom is 0.418 e. The molecule has 0 bridgehead atoms. The lowest BCUT2D eigenvalue weighted by atomic mass is 10.1. The van der Waals surface area contributed by atoms with Crippen LogP contribution in [-0.4, -0.2) is 39.1 Å². The van der Waals surface area contributed by atoms with Crippen molar-refractivity contribution in [3.8, 4) is 11.5 Å². The van der Waals surface area contributed by atoms with E-state index < -0.39 is 30.5 Å². The number of aliphatic imine (C=N–C) groups is 1. The van der Waals surface area contributed by atoms with E-state index in [0.717, 1.165) is 6.07 Å². The summed E-state index contributed by atoms with van der Waals surface area (Å²) in [6.07, 6.45) is -7.58. The molecule has 13 heteroatoms. The molecule has 2 N–H and O–H groups in total. The topological polar surface area (TPSA) is 76.4 Å². The molecule has 0 fully saturated rings. The molecule has 1 unspecified atom stereocenters. The Morgan fingerprint density at radius 2 is 1.76 bits per heavy atom. The second-order valence-electron chi connectivity index (χ2n) is 8.22. The van der Waals surface area contributed by atoms with Gasteiger partial charge in [-0.25, -0.2) is 4.98 Å². The number of nitrogens with one attached hydrogen (secondary N) is 2. The van der Waals surface area contributed by atoms with Crippen LogP contribution in [0.5, 0.6) is 11.5 Å². The number of pyridine rings is 1. The quantitative estimate of drug-likeness (QED) is 0.325. The molecule has 1 aliphatic rings. The molecule has 3 heterocycles. The molecule has 0 saturated heterocycles. The van der Waals surface area contributed by atoms with Crippen molar-refractivity contribution in [3.05, 3.63) is 72.1 Å². The average Bonchev–Trinajstić information content (AvgIpc) is 3.45. The van der Waals surface area contributed by atoms with E-state index in [-0.39, 0.29) is 23.2 Å². The van der Waals surface area contributed by atoms with Gasteiger partial charge in [-0.15, -0.1) is 0 Å². The van der Waals surface area contributed by atoms with Crippen LogP contribution in [0.3, 0.4) is 0 Å². The summed E-state index contributed by atoms with van der Waals surface area (Å²) in [4.78, 5) is 12.4. The number of amidine groups is 1. The van der Waals surface area contributed by atoms with Gasteiger partial charge in [0.05, 0.1) is 28.8 Å². The monoisotopic (exact) mass is 520 g/mol. The van der Waals surface area contributed by atoms with Gasteiger partial charge in [-0.3, -0.25) is 9.98 Å². The molecule has 5 rings (SSSR count). The van der Waals surface area contributed by atoms with Gasteiger partial charge in [0.1, 0.15) is 29.1 Å². The van der Waals surface area contributed by atoms with Gasteiger partial charge in [-0.1, -0.05) is 12.1 Å². The van der Waals surface area contributed by atoms with Gasteiger partial charge < -0.3 is 19.9 Å². The summed E-state index contributed by atoms with van der Waals surface area (Å²) < 4.78 is 86.3. The van der Waals surface area contributed by atoms with E-state index in [4.69, 9.17) is 4.74 Å².